The molecule has 2 aromatic carbocycles. The predicted octanol–water partition coefficient (Wildman–Crippen LogP) is 3.04. The van der Waals surface area contributed by atoms with Gasteiger partial charge in [-0.25, -0.2) is 4.98 Å². The zero-order valence-corrected chi connectivity index (χ0v) is 11.4. The lowest BCUT2D eigenvalue weighted by molar-refractivity contribution is 0.102. The number of aliphatic hydroxyl groups is 1. The highest BCUT2D eigenvalue weighted by atomic mass is 32.1. The van der Waals surface area contributed by atoms with Crippen molar-refractivity contribution in [2.75, 3.05) is 5.32 Å². The topological polar surface area (TPSA) is 62.2 Å². The molecular weight excluding hydrogens is 272 g/mol. The second kappa shape index (κ2) is 5.40. The molecule has 0 bridgehead atoms. The lowest BCUT2D eigenvalue weighted by Gasteiger charge is -2.04. The van der Waals surface area contributed by atoms with E-state index < -0.39 is 0 Å². The second-order valence-electron chi connectivity index (χ2n) is 4.27. The van der Waals surface area contributed by atoms with E-state index in [1.807, 2.05) is 36.4 Å². The highest BCUT2D eigenvalue weighted by Crippen LogP contribution is 2.25. The van der Waals surface area contributed by atoms with Gasteiger partial charge in [0.2, 0.25) is 0 Å². The van der Waals surface area contributed by atoms with Crippen LogP contribution in [0.4, 0.5) is 5.69 Å². The molecule has 3 aromatic rings. The number of hydrogen-bond donors (Lipinski definition) is 2. The van der Waals surface area contributed by atoms with E-state index in [2.05, 4.69) is 10.3 Å². The van der Waals surface area contributed by atoms with Gasteiger partial charge in [0, 0.05) is 11.3 Å². The Labute approximate surface area is 119 Å². The van der Waals surface area contributed by atoms with Crippen LogP contribution in [-0.2, 0) is 6.61 Å². The van der Waals surface area contributed by atoms with Crippen LogP contribution in [0.2, 0.25) is 0 Å². The first-order valence-electron chi connectivity index (χ1n) is 6.13. The maximum Gasteiger partial charge on any atom is 0.255 e. The number of carbonyl (C=O) groups is 1. The van der Waals surface area contributed by atoms with E-state index in [1.54, 1.807) is 12.1 Å². The Bertz CT molecular complexity index is 753. The largest absolute Gasteiger partial charge is 0.389 e. The number of nitrogens with zero attached hydrogens (tertiary/aromatic N) is 1. The van der Waals surface area contributed by atoms with Crippen molar-refractivity contribution in [2.45, 2.75) is 6.61 Å². The zero-order valence-electron chi connectivity index (χ0n) is 10.5. The van der Waals surface area contributed by atoms with Gasteiger partial charge in [0.25, 0.3) is 5.91 Å². The molecule has 0 aliphatic carbocycles. The van der Waals surface area contributed by atoms with Crippen molar-refractivity contribution in [1.82, 2.24) is 4.98 Å². The highest BCUT2D eigenvalue weighted by Gasteiger charge is 2.07. The number of rotatable bonds is 3. The SMILES string of the molecule is O=C(Nc1ccc2sc(CO)nc2c1)c1ccccc1. The van der Waals surface area contributed by atoms with E-state index in [9.17, 15) is 4.79 Å². The molecule has 1 amide bonds. The summed E-state index contributed by atoms with van der Waals surface area (Å²) in [4.78, 5) is 16.3. The fourth-order valence-corrected chi connectivity index (χ4v) is 2.72. The zero-order chi connectivity index (χ0) is 13.9. The summed E-state index contributed by atoms with van der Waals surface area (Å²) >= 11 is 1.45. The van der Waals surface area contributed by atoms with Crippen LogP contribution in [-0.4, -0.2) is 16.0 Å². The van der Waals surface area contributed by atoms with E-state index in [1.165, 1.54) is 11.3 Å². The van der Waals surface area contributed by atoms with Crippen LogP contribution in [0, 0.1) is 0 Å². The minimum atomic E-state index is -0.150. The van der Waals surface area contributed by atoms with Gasteiger partial charge in [-0.1, -0.05) is 18.2 Å². The summed E-state index contributed by atoms with van der Waals surface area (Å²) in [6.45, 7) is -0.0644. The van der Waals surface area contributed by atoms with E-state index in [-0.39, 0.29) is 12.5 Å². The number of aromatic nitrogens is 1. The molecule has 0 saturated heterocycles. The monoisotopic (exact) mass is 284 g/mol. The molecular formula is C15H12N2O2S. The van der Waals surface area contributed by atoms with Gasteiger partial charge in [0.15, 0.2) is 0 Å². The first-order chi connectivity index (χ1) is 9.76. The molecule has 0 radical (unpaired) electrons. The van der Waals surface area contributed by atoms with Crippen LogP contribution in [0.1, 0.15) is 15.4 Å². The van der Waals surface area contributed by atoms with Gasteiger partial charge in [0.05, 0.1) is 16.8 Å². The van der Waals surface area contributed by atoms with Gasteiger partial charge >= 0.3 is 0 Å². The lowest BCUT2D eigenvalue weighted by atomic mass is 10.2. The number of carbonyl (C=O) groups excluding carboxylic acids is 1. The summed E-state index contributed by atoms with van der Waals surface area (Å²) in [7, 11) is 0. The maximum atomic E-state index is 12.0. The number of aliphatic hydroxyl groups excluding tert-OH is 1. The summed E-state index contributed by atoms with van der Waals surface area (Å²) < 4.78 is 0.992. The smallest absolute Gasteiger partial charge is 0.255 e. The van der Waals surface area contributed by atoms with Crippen LogP contribution in [0.5, 0.6) is 0 Å². The van der Waals surface area contributed by atoms with E-state index in [0.717, 1.165) is 10.2 Å². The number of benzene rings is 2. The van der Waals surface area contributed by atoms with E-state index in [0.29, 0.717) is 16.3 Å². The number of nitrogens with one attached hydrogen (secondary N) is 1. The molecule has 0 unspecified atom stereocenters. The molecule has 0 aliphatic heterocycles. The number of fused-ring (bicyclic) bond motifs is 1. The Hall–Kier alpha value is -2.24. The molecule has 0 aliphatic rings. The summed E-state index contributed by atoms with van der Waals surface area (Å²) in [5.41, 5.74) is 2.09. The maximum absolute atomic E-state index is 12.0. The van der Waals surface area contributed by atoms with Crippen LogP contribution in [0.25, 0.3) is 10.2 Å². The van der Waals surface area contributed by atoms with E-state index >= 15 is 0 Å². The van der Waals surface area contributed by atoms with Gasteiger partial charge < -0.3 is 10.4 Å². The van der Waals surface area contributed by atoms with Crippen molar-refractivity contribution >= 4 is 33.1 Å². The van der Waals surface area contributed by atoms with Crippen molar-refractivity contribution in [3.63, 3.8) is 0 Å². The Balaban J connectivity index is 1.85. The Morgan fingerprint density at radius 3 is 2.75 bits per heavy atom. The molecule has 5 heteroatoms. The van der Waals surface area contributed by atoms with Crippen LogP contribution in [0.15, 0.2) is 48.5 Å². The third-order valence-corrected chi connectivity index (χ3v) is 3.88. The van der Waals surface area contributed by atoms with Gasteiger partial charge in [0.1, 0.15) is 5.01 Å². The average molecular weight is 284 g/mol. The van der Waals surface area contributed by atoms with Gasteiger partial charge in [-0.15, -0.1) is 11.3 Å². The van der Waals surface area contributed by atoms with Crippen molar-refractivity contribution in [2.24, 2.45) is 0 Å². The molecule has 0 saturated carbocycles. The van der Waals surface area contributed by atoms with Crippen molar-refractivity contribution in [3.8, 4) is 0 Å². The van der Waals surface area contributed by atoms with Crippen LogP contribution < -0.4 is 5.32 Å². The number of amides is 1. The number of anilines is 1. The molecule has 2 N–H and O–H groups in total. The summed E-state index contributed by atoms with van der Waals surface area (Å²) in [6, 6.07) is 14.6. The highest BCUT2D eigenvalue weighted by molar-refractivity contribution is 7.18. The minimum absolute atomic E-state index is 0.0644. The number of thiazole rings is 1. The van der Waals surface area contributed by atoms with Gasteiger partial charge in [-0.2, -0.15) is 0 Å². The fraction of sp³-hybridized carbons (Fsp3) is 0.0667. The molecule has 0 fully saturated rings. The molecule has 3 rings (SSSR count). The van der Waals surface area contributed by atoms with Gasteiger partial charge in [-0.3, -0.25) is 4.79 Å². The third-order valence-electron chi connectivity index (χ3n) is 2.86. The molecule has 1 aromatic heterocycles. The van der Waals surface area contributed by atoms with Crippen molar-refractivity contribution < 1.29 is 9.90 Å². The lowest BCUT2D eigenvalue weighted by Crippen LogP contribution is -2.11. The molecule has 0 atom stereocenters. The van der Waals surface area contributed by atoms with Crippen LogP contribution >= 0.6 is 11.3 Å². The quantitative estimate of drug-likeness (QED) is 0.777. The molecule has 4 nitrogen and oxygen atoms in total. The fourth-order valence-electron chi connectivity index (χ4n) is 1.91. The number of hydrogen-bond acceptors (Lipinski definition) is 4. The molecule has 1 heterocycles. The van der Waals surface area contributed by atoms with Crippen molar-refractivity contribution in [3.05, 3.63) is 59.1 Å². The molecule has 100 valence electrons. The predicted molar refractivity (Wildman–Crippen MR) is 79.9 cm³/mol. The second-order valence-corrected chi connectivity index (χ2v) is 5.38. The third kappa shape index (κ3) is 2.54. The molecule has 0 spiro atoms. The molecule has 20 heavy (non-hydrogen) atoms. The van der Waals surface area contributed by atoms with Gasteiger partial charge in [-0.05, 0) is 30.3 Å². The summed E-state index contributed by atoms with van der Waals surface area (Å²) in [6.07, 6.45) is 0. The Kier molecular flexibility index (Phi) is 3.45. The first-order valence-corrected chi connectivity index (χ1v) is 6.94. The van der Waals surface area contributed by atoms with E-state index in [4.69, 9.17) is 5.11 Å². The van der Waals surface area contributed by atoms with Crippen molar-refractivity contribution in [1.29, 1.82) is 0 Å². The summed E-state index contributed by atoms with van der Waals surface area (Å²) in [5, 5.41) is 12.6. The Morgan fingerprint density at radius 2 is 2.00 bits per heavy atom. The minimum Gasteiger partial charge on any atom is -0.389 e. The standard InChI is InChI=1S/C15H12N2O2S/c18-9-14-17-12-8-11(6-7-13(12)20-14)16-15(19)10-4-2-1-3-5-10/h1-8,18H,9H2,(H,16,19). The Morgan fingerprint density at radius 1 is 1.20 bits per heavy atom. The first kappa shape index (κ1) is 12.8. The normalized spacial score (nSPS) is 10.7. The van der Waals surface area contributed by atoms with Crippen LogP contribution in [0.3, 0.4) is 0 Å². The average Bonchev–Trinajstić information content (AvgIpc) is 2.90. The summed E-state index contributed by atoms with van der Waals surface area (Å²) in [5.74, 6) is -0.150.